The van der Waals surface area contributed by atoms with Crippen LogP contribution in [0.15, 0.2) is 54.6 Å². The molecule has 0 aliphatic heterocycles. The number of ether oxygens (including phenoxy) is 1. The SMILES string of the molecule is Cc1ccc(-c2ccc(OCCNC(=O)Nc3ccc(Cl)cc3Cl)nn2)cc1. The van der Waals surface area contributed by atoms with E-state index in [1.807, 2.05) is 37.3 Å². The molecular weight excluding hydrogens is 399 g/mol. The number of hydrogen-bond acceptors (Lipinski definition) is 4. The maximum Gasteiger partial charge on any atom is 0.319 e. The summed E-state index contributed by atoms with van der Waals surface area (Å²) in [5, 5.41) is 14.4. The fourth-order valence-corrected chi connectivity index (χ4v) is 2.81. The maximum atomic E-state index is 11.9. The van der Waals surface area contributed by atoms with E-state index >= 15 is 0 Å². The van der Waals surface area contributed by atoms with Crippen molar-refractivity contribution in [3.05, 3.63) is 70.2 Å². The molecule has 0 bridgehead atoms. The predicted octanol–water partition coefficient (Wildman–Crippen LogP) is 4.96. The molecule has 6 nitrogen and oxygen atoms in total. The molecule has 0 unspecified atom stereocenters. The van der Waals surface area contributed by atoms with Crippen LogP contribution in [-0.2, 0) is 0 Å². The van der Waals surface area contributed by atoms with Crippen LogP contribution in [0, 0.1) is 6.92 Å². The first-order chi connectivity index (χ1) is 13.5. The van der Waals surface area contributed by atoms with Gasteiger partial charge < -0.3 is 15.4 Å². The van der Waals surface area contributed by atoms with Crippen molar-refractivity contribution in [1.29, 1.82) is 0 Å². The molecule has 1 aromatic heterocycles. The number of amides is 2. The van der Waals surface area contributed by atoms with E-state index in [0.717, 1.165) is 11.3 Å². The zero-order chi connectivity index (χ0) is 19.9. The Kier molecular flexibility index (Phi) is 6.68. The average molecular weight is 417 g/mol. The van der Waals surface area contributed by atoms with Crippen LogP contribution in [-0.4, -0.2) is 29.4 Å². The lowest BCUT2D eigenvalue weighted by molar-refractivity contribution is 0.246. The lowest BCUT2D eigenvalue weighted by Gasteiger charge is -2.10. The van der Waals surface area contributed by atoms with E-state index in [-0.39, 0.29) is 6.61 Å². The first kappa shape index (κ1) is 19.9. The molecule has 8 heteroatoms. The standard InChI is InChI=1S/C20H18Cl2N4O2/c1-13-2-4-14(5-3-13)17-8-9-19(26-25-17)28-11-10-23-20(27)24-18-7-6-15(21)12-16(18)22/h2-9,12H,10-11H2,1H3,(H2,23,24,27). The highest BCUT2D eigenvalue weighted by molar-refractivity contribution is 6.36. The normalized spacial score (nSPS) is 10.4. The zero-order valence-electron chi connectivity index (χ0n) is 15.1. The van der Waals surface area contributed by atoms with Gasteiger partial charge in [0.1, 0.15) is 6.61 Å². The van der Waals surface area contributed by atoms with Crippen LogP contribution in [0.5, 0.6) is 5.88 Å². The molecule has 2 N–H and O–H groups in total. The highest BCUT2D eigenvalue weighted by Gasteiger charge is 2.06. The zero-order valence-corrected chi connectivity index (χ0v) is 16.6. The topological polar surface area (TPSA) is 76.1 Å². The quantitative estimate of drug-likeness (QED) is 0.556. The highest BCUT2D eigenvalue weighted by atomic mass is 35.5. The number of urea groups is 1. The summed E-state index contributed by atoms with van der Waals surface area (Å²) < 4.78 is 5.50. The number of anilines is 1. The van der Waals surface area contributed by atoms with Crippen LogP contribution in [0.3, 0.4) is 0 Å². The summed E-state index contributed by atoms with van der Waals surface area (Å²) in [6, 6.07) is 16.1. The third-order valence-electron chi connectivity index (χ3n) is 3.80. The first-order valence-corrected chi connectivity index (χ1v) is 9.30. The molecular formula is C20H18Cl2N4O2. The van der Waals surface area contributed by atoms with Crippen molar-refractivity contribution < 1.29 is 9.53 Å². The van der Waals surface area contributed by atoms with E-state index in [1.54, 1.807) is 24.3 Å². The molecule has 0 aliphatic rings. The Bertz CT molecular complexity index is 947. The number of carbonyl (C=O) groups is 1. The van der Waals surface area contributed by atoms with Crippen molar-refractivity contribution in [2.24, 2.45) is 0 Å². The molecule has 28 heavy (non-hydrogen) atoms. The van der Waals surface area contributed by atoms with Crippen LogP contribution in [0.25, 0.3) is 11.3 Å². The van der Waals surface area contributed by atoms with E-state index in [4.69, 9.17) is 27.9 Å². The molecule has 0 fully saturated rings. The Balaban J connectivity index is 1.43. The second kappa shape index (κ2) is 9.39. The Morgan fingerprint density at radius 1 is 1.04 bits per heavy atom. The summed E-state index contributed by atoms with van der Waals surface area (Å²) in [6.45, 7) is 2.57. The van der Waals surface area contributed by atoms with Gasteiger partial charge in [0.15, 0.2) is 0 Å². The summed E-state index contributed by atoms with van der Waals surface area (Å²) in [7, 11) is 0. The van der Waals surface area contributed by atoms with Crippen molar-refractivity contribution >= 4 is 34.9 Å². The lowest BCUT2D eigenvalue weighted by atomic mass is 10.1. The largest absolute Gasteiger partial charge is 0.475 e. The van der Waals surface area contributed by atoms with Gasteiger partial charge >= 0.3 is 6.03 Å². The van der Waals surface area contributed by atoms with Gasteiger partial charge in [-0.1, -0.05) is 53.0 Å². The van der Waals surface area contributed by atoms with E-state index in [9.17, 15) is 4.79 Å². The molecule has 0 aliphatic carbocycles. The molecule has 2 aromatic carbocycles. The second-order valence-electron chi connectivity index (χ2n) is 5.98. The van der Waals surface area contributed by atoms with Crippen LogP contribution in [0.4, 0.5) is 10.5 Å². The molecule has 0 spiro atoms. The lowest BCUT2D eigenvalue weighted by Crippen LogP contribution is -2.32. The Morgan fingerprint density at radius 3 is 2.50 bits per heavy atom. The third-order valence-corrected chi connectivity index (χ3v) is 4.35. The average Bonchev–Trinajstić information content (AvgIpc) is 2.69. The summed E-state index contributed by atoms with van der Waals surface area (Å²) in [5.41, 5.74) is 3.42. The van der Waals surface area contributed by atoms with Gasteiger partial charge in [0.05, 0.1) is 22.9 Å². The van der Waals surface area contributed by atoms with Crippen molar-refractivity contribution in [3.8, 4) is 17.1 Å². The molecule has 144 valence electrons. The molecule has 1 heterocycles. The minimum absolute atomic E-state index is 0.250. The minimum Gasteiger partial charge on any atom is -0.475 e. The Morgan fingerprint density at radius 2 is 1.82 bits per heavy atom. The van der Waals surface area contributed by atoms with Crippen molar-refractivity contribution in [1.82, 2.24) is 15.5 Å². The van der Waals surface area contributed by atoms with Crippen LogP contribution in [0.2, 0.25) is 10.0 Å². The fraction of sp³-hybridized carbons (Fsp3) is 0.150. The molecule has 3 aromatic rings. The van der Waals surface area contributed by atoms with Crippen LogP contribution in [0.1, 0.15) is 5.56 Å². The number of benzene rings is 2. The number of aryl methyl sites for hydroxylation is 1. The van der Waals surface area contributed by atoms with E-state index in [2.05, 4.69) is 20.8 Å². The van der Waals surface area contributed by atoms with Crippen molar-refractivity contribution in [2.75, 3.05) is 18.5 Å². The molecule has 0 atom stereocenters. The van der Waals surface area contributed by atoms with Gasteiger partial charge in [-0.05, 0) is 31.2 Å². The monoisotopic (exact) mass is 416 g/mol. The molecule has 0 radical (unpaired) electrons. The van der Waals surface area contributed by atoms with Gasteiger partial charge in [-0.3, -0.25) is 0 Å². The maximum absolute atomic E-state index is 11.9. The summed E-state index contributed by atoms with van der Waals surface area (Å²) in [6.07, 6.45) is 0. The Labute approximate surface area is 172 Å². The number of carbonyl (C=O) groups excluding carboxylic acids is 1. The van der Waals surface area contributed by atoms with E-state index in [0.29, 0.717) is 28.2 Å². The Hall–Kier alpha value is -2.83. The van der Waals surface area contributed by atoms with Gasteiger partial charge in [-0.2, -0.15) is 0 Å². The number of nitrogens with zero attached hydrogens (tertiary/aromatic N) is 2. The number of aromatic nitrogens is 2. The van der Waals surface area contributed by atoms with Crippen LogP contribution >= 0.6 is 23.2 Å². The van der Waals surface area contributed by atoms with Gasteiger partial charge in [0, 0.05) is 16.7 Å². The molecule has 3 rings (SSSR count). The molecule has 0 saturated carbocycles. The summed E-state index contributed by atoms with van der Waals surface area (Å²) >= 11 is 11.8. The van der Waals surface area contributed by atoms with Crippen molar-refractivity contribution in [3.63, 3.8) is 0 Å². The van der Waals surface area contributed by atoms with Gasteiger partial charge in [-0.15, -0.1) is 10.2 Å². The fourth-order valence-electron chi connectivity index (χ4n) is 2.35. The molecule has 2 amide bonds. The third kappa shape index (κ3) is 5.58. The predicted molar refractivity (Wildman–Crippen MR) is 111 cm³/mol. The number of hydrogen-bond donors (Lipinski definition) is 2. The van der Waals surface area contributed by atoms with E-state index < -0.39 is 6.03 Å². The molecule has 0 saturated heterocycles. The summed E-state index contributed by atoms with van der Waals surface area (Å²) in [4.78, 5) is 11.9. The van der Waals surface area contributed by atoms with Crippen molar-refractivity contribution in [2.45, 2.75) is 6.92 Å². The first-order valence-electron chi connectivity index (χ1n) is 8.55. The minimum atomic E-state index is -0.395. The van der Waals surface area contributed by atoms with Gasteiger partial charge in [0.2, 0.25) is 5.88 Å². The van der Waals surface area contributed by atoms with Gasteiger partial charge in [-0.25, -0.2) is 4.79 Å². The number of halogens is 2. The number of nitrogens with one attached hydrogen (secondary N) is 2. The highest BCUT2D eigenvalue weighted by Crippen LogP contribution is 2.25. The summed E-state index contributed by atoms with van der Waals surface area (Å²) in [5.74, 6) is 0.388. The van der Waals surface area contributed by atoms with E-state index in [1.165, 1.54) is 5.56 Å². The number of rotatable bonds is 6. The smallest absolute Gasteiger partial charge is 0.319 e. The van der Waals surface area contributed by atoms with Gasteiger partial charge in [0.25, 0.3) is 0 Å². The second-order valence-corrected chi connectivity index (χ2v) is 6.82. The van der Waals surface area contributed by atoms with Crippen LogP contribution < -0.4 is 15.4 Å².